The Kier molecular flexibility index (Phi) is 5.45. The van der Waals surface area contributed by atoms with Gasteiger partial charge in [0.15, 0.2) is 5.13 Å². The highest BCUT2D eigenvalue weighted by molar-refractivity contribution is 7.22. The Balaban J connectivity index is 2.19. The molecule has 0 spiro atoms. The van der Waals surface area contributed by atoms with E-state index < -0.39 is 0 Å². The van der Waals surface area contributed by atoms with Gasteiger partial charge in [-0.25, -0.2) is 4.98 Å². The number of hydrogen-bond acceptors (Lipinski definition) is 4. The van der Waals surface area contributed by atoms with Crippen molar-refractivity contribution in [1.82, 2.24) is 4.98 Å². The summed E-state index contributed by atoms with van der Waals surface area (Å²) in [5.41, 5.74) is 7.74. The zero-order valence-electron chi connectivity index (χ0n) is 13.6. The molecule has 2 rings (SSSR count). The van der Waals surface area contributed by atoms with Crippen molar-refractivity contribution >= 4 is 32.4 Å². The fourth-order valence-corrected chi connectivity index (χ4v) is 3.26. The lowest BCUT2D eigenvalue weighted by Gasteiger charge is -2.23. The molecule has 2 aromatic rings. The van der Waals surface area contributed by atoms with Crippen LogP contribution in [0.4, 0.5) is 10.8 Å². The smallest absolute Gasteiger partial charge is 0.186 e. The molecular formula is C17H27N3S. The Labute approximate surface area is 132 Å². The molecule has 0 saturated carbocycles. The molecule has 0 aliphatic carbocycles. The van der Waals surface area contributed by atoms with Crippen LogP contribution in [-0.4, -0.2) is 18.1 Å². The van der Waals surface area contributed by atoms with Crippen LogP contribution in [0.3, 0.4) is 0 Å². The molecule has 0 unspecified atom stereocenters. The first-order valence-corrected chi connectivity index (χ1v) is 8.68. The largest absolute Gasteiger partial charge is 0.399 e. The first kappa shape index (κ1) is 16.1. The summed E-state index contributed by atoms with van der Waals surface area (Å²) >= 11 is 1.76. The predicted octanol–water partition coefficient (Wildman–Crippen LogP) is 4.78. The van der Waals surface area contributed by atoms with Crippen molar-refractivity contribution < 1.29 is 0 Å². The fourth-order valence-electron chi connectivity index (χ4n) is 2.20. The maximum absolute atomic E-state index is 5.87. The number of rotatable bonds is 7. The van der Waals surface area contributed by atoms with Gasteiger partial charge < -0.3 is 10.6 Å². The van der Waals surface area contributed by atoms with Gasteiger partial charge in [-0.05, 0) is 42.9 Å². The van der Waals surface area contributed by atoms with Crippen molar-refractivity contribution in [3.8, 4) is 0 Å². The number of nitrogen functional groups attached to an aromatic ring is 1. The van der Waals surface area contributed by atoms with Crippen molar-refractivity contribution in [2.45, 2.75) is 40.5 Å². The average molecular weight is 305 g/mol. The van der Waals surface area contributed by atoms with Crippen LogP contribution in [0.2, 0.25) is 0 Å². The highest BCUT2D eigenvalue weighted by atomic mass is 32.1. The molecule has 0 aliphatic rings. The van der Waals surface area contributed by atoms with Gasteiger partial charge in [0.2, 0.25) is 0 Å². The summed E-state index contributed by atoms with van der Waals surface area (Å²) in [5.74, 6) is 1.44. The van der Waals surface area contributed by atoms with Crippen LogP contribution in [0, 0.1) is 11.8 Å². The second-order valence-electron chi connectivity index (χ2n) is 6.58. The third kappa shape index (κ3) is 4.60. The highest BCUT2D eigenvalue weighted by Crippen LogP contribution is 2.30. The summed E-state index contributed by atoms with van der Waals surface area (Å²) < 4.78 is 1.18. The Morgan fingerprint density at radius 2 is 1.71 bits per heavy atom. The third-order valence-corrected chi connectivity index (χ3v) is 4.70. The Hall–Kier alpha value is -1.29. The first-order chi connectivity index (χ1) is 9.95. The lowest BCUT2D eigenvalue weighted by Crippen LogP contribution is -2.27. The van der Waals surface area contributed by atoms with Crippen molar-refractivity contribution in [1.29, 1.82) is 0 Å². The second kappa shape index (κ2) is 7.12. The van der Waals surface area contributed by atoms with E-state index in [1.165, 1.54) is 17.5 Å². The van der Waals surface area contributed by atoms with Gasteiger partial charge >= 0.3 is 0 Å². The summed E-state index contributed by atoms with van der Waals surface area (Å²) in [5, 5.41) is 1.14. The number of nitrogens with two attached hydrogens (primary N) is 1. The van der Waals surface area contributed by atoms with E-state index in [4.69, 9.17) is 10.7 Å². The third-order valence-electron chi connectivity index (χ3n) is 3.62. The summed E-state index contributed by atoms with van der Waals surface area (Å²) in [7, 11) is 0. The number of benzene rings is 1. The SMILES string of the molecule is CC(C)CCN(CCC(C)C)c1nc2ccc(N)cc2s1. The number of thiazole rings is 1. The average Bonchev–Trinajstić information content (AvgIpc) is 2.80. The number of nitrogens with zero attached hydrogens (tertiary/aromatic N) is 2. The van der Waals surface area contributed by atoms with Gasteiger partial charge in [0.25, 0.3) is 0 Å². The van der Waals surface area contributed by atoms with Gasteiger partial charge in [0.05, 0.1) is 10.2 Å². The molecule has 1 heterocycles. The molecule has 21 heavy (non-hydrogen) atoms. The van der Waals surface area contributed by atoms with E-state index in [0.29, 0.717) is 0 Å². The van der Waals surface area contributed by atoms with E-state index in [9.17, 15) is 0 Å². The minimum Gasteiger partial charge on any atom is -0.399 e. The molecule has 2 N–H and O–H groups in total. The summed E-state index contributed by atoms with van der Waals surface area (Å²) in [4.78, 5) is 7.24. The topological polar surface area (TPSA) is 42.2 Å². The van der Waals surface area contributed by atoms with Crippen LogP contribution in [0.5, 0.6) is 0 Å². The van der Waals surface area contributed by atoms with Gasteiger partial charge in [-0.2, -0.15) is 0 Å². The highest BCUT2D eigenvalue weighted by Gasteiger charge is 2.13. The zero-order valence-corrected chi connectivity index (χ0v) is 14.4. The molecule has 1 aromatic carbocycles. The number of aromatic nitrogens is 1. The van der Waals surface area contributed by atoms with Crippen molar-refractivity contribution in [3.05, 3.63) is 18.2 Å². The second-order valence-corrected chi connectivity index (χ2v) is 7.58. The van der Waals surface area contributed by atoms with E-state index in [2.05, 4.69) is 32.6 Å². The predicted molar refractivity (Wildman–Crippen MR) is 95.2 cm³/mol. The van der Waals surface area contributed by atoms with Crippen LogP contribution in [0.25, 0.3) is 10.2 Å². The Morgan fingerprint density at radius 3 is 2.29 bits per heavy atom. The standard InChI is InChI=1S/C17H27N3S/c1-12(2)7-9-20(10-8-13(3)4)17-19-15-6-5-14(18)11-16(15)21-17/h5-6,11-13H,7-10,18H2,1-4H3. The zero-order chi connectivity index (χ0) is 15.4. The summed E-state index contributed by atoms with van der Waals surface area (Å²) in [6.45, 7) is 11.3. The van der Waals surface area contributed by atoms with E-state index in [1.54, 1.807) is 11.3 Å². The normalized spacial score (nSPS) is 11.7. The van der Waals surface area contributed by atoms with Crippen molar-refractivity contribution in [3.63, 3.8) is 0 Å². The Bertz CT molecular complexity index is 562. The van der Waals surface area contributed by atoms with Crippen LogP contribution in [0.15, 0.2) is 18.2 Å². The Morgan fingerprint density at radius 1 is 1.10 bits per heavy atom. The first-order valence-electron chi connectivity index (χ1n) is 7.86. The van der Waals surface area contributed by atoms with Crippen molar-refractivity contribution in [2.75, 3.05) is 23.7 Å². The molecule has 0 bridgehead atoms. The van der Waals surface area contributed by atoms with E-state index in [0.717, 1.165) is 41.3 Å². The molecule has 116 valence electrons. The molecule has 0 atom stereocenters. The number of fused-ring (bicyclic) bond motifs is 1. The molecule has 0 radical (unpaired) electrons. The molecule has 0 saturated heterocycles. The van der Waals surface area contributed by atoms with Crippen molar-refractivity contribution in [2.24, 2.45) is 11.8 Å². The van der Waals surface area contributed by atoms with Gasteiger partial charge in [-0.1, -0.05) is 39.0 Å². The quantitative estimate of drug-likeness (QED) is 0.749. The van der Waals surface area contributed by atoms with Crippen LogP contribution in [0.1, 0.15) is 40.5 Å². The molecule has 0 fully saturated rings. The van der Waals surface area contributed by atoms with Crippen LogP contribution >= 0.6 is 11.3 Å². The number of hydrogen-bond donors (Lipinski definition) is 1. The monoisotopic (exact) mass is 305 g/mol. The molecule has 3 nitrogen and oxygen atoms in total. The maximum Gasteiger partial charge on any atom is 0.186 e. The van der Waals surface area contributed by atoms with E-state index >= 15 is 0 Å². The van der Waals surface area contributed by atoms with Gasteiger partial charge in [0, 0.05) is 18.8 Å². The van der Waals surface area contributed by atoms with Gasteiger partial charge in [-0.3, -0.25) is 0 Å². The minimum absolute atomic E-state index is 0.719. The molecule has 4 heteroatoms. The maximum atomic E-state index is 5.87. The van der Waals surface area contributed by atoms with Crippen LogP contribution in [-0.2, 0) is 0 Å². The van der Waals surface area contributed by atoms with E-state index in [-0.39, 0.29) is 0 Å². The fraction of sp³-hybridized carbons (Fsp3) is 0.588. The van der Waals surface area contributed by atoms with Gasteiger partial charge in [-0.15, -0.1) is 0 Å². The number of anilines is 2. The molecule has 0 amide bonds. The molecular weight excluding hydrogens is 278 g/mol. The lowest BCUT2D eigenvalue weighted by atomic mass is 10.1. The molecule has 1 aromatic heterocycles. The molecule has 0 aliphatic heterocycles. The minimum atomic E-state index is 0.719. The van der Waals surface area contributed by atoms with E-state index in [1.807, 2.05) is 18.2 Å². The van der Waals surface area contributed by atoms with Gasteiger partial charge in [0.1, 0.15) is 0 Å². The lowest BCUT2D eigenvalue weighted by molar-refractivity contribution is 0.535. The summed E-state index contributed by atoms with van der Waals surface area (Å²) in [6.07, 6.45) is 2.41. The summed E-state index contributed by atoms with van der Waals surface area (Å²) in [6, 6.07) is 5.98. The van der Waals surface area contributed by atoms with Crippen LogP contribution < -0.4 is 10.6 Å².